The number of nitrogens with zero attached hydrogens (tertiary/aromatic N) is 6. The van der Waals surface area contributed by atoms with E-state index in [1.165, 1.54) is 4.68 Å². The quantitative estimate of drug-likeness (QED) is 0.126. The fraction of sp³-hybridized carbons (Fsp3) is 0.351. The molecule has 8 rings (SSSR count). The summed E-state index contributed by atoms with van der Waals surface area (Å²) in [6.07, 6.45) is -2.55. The van der Waals surface area contributed by atoms with Crippen LogP contribution in [0.1, 0.15) is 53.5 Å². The van der Waals surface area contributed by atoms with Crippen LogP contribution in [0.3, 0.4) is 0 Å². The lowest BCUT2D eigenvalue weighted by Crippen LogP contribution is -2.60. The number of carbonyl (C=O) groups is 1. The molecule has 2 aromatic carbocycles. The van der Waals surface area contributed by atoms with Gasteiger partial charge < -0.3 is 15.3 Å². The van der Waals surface area contributed by atoms with E-state index in [0.717, 1.165) is 18.4 Å². The van der Waals surface area contributed by atoms with Crippen LogP contribution in [-0.4, -0.2) is 68.9 Å². The number of benzene rings is 2. The molecule has 56 heavy (non-hydrogen) atoms. The minimum atomic E-state index is -3.75. The van der Waals surface area contributed by atoms with Crippen LogP contribution in [0.15, 0.2) is 48.5 Å². The minimum Gasteiger partial charge on any atom is -0.386 e. The van der Waals surface area contributed by atoms with Crippen molar-refractivity contribution in [2.75, 3.05) is 29.0 Å². The van der Waals surface area contributed by atoms with Gasteiger partial charge in [-0.2, -0.15) is 19.0 Å². The number of aryl methyl sites for hydroxylation is 1. The molecule has 1 aliphatic heterocycles. The molecular weight excluding hydrogens is 767 g/mol. The Balaban J connectivity index is 1.25. The van der Waals surface area contributed by atoms with Gasteiger partial charge in [-0.05, 0) is 49.2 Å². The molecule has 19 heteroatoms. The van der Waals surface area contributed by atoms with E-state index in [1.807, 2.05) is 0 Å². The third kappa shape index (κ3) is 6.49. The Morgan fingerprint density at radius 2 is 1.75 bits per heavy atom. The van der Waals surface area contributed by atoms with E-state index in [4.69, 9.17) is 4.98 Å². The molecule has 292 valence electrons. The predicted octanol–water partition coefficient (Wildman–Crippen LogP) is 4.91. The molecule has 2 aliphatic carbocycles. The van der Waals surface area contributed by atoms with Crippen LogP contribution in [0.4, 0.5) is 38.0 Å². The third-order valence-electron chi connectivity index (χ3n) is 10.0. The average Bonchev–Trinajstić information content (AvgIpc) is 3.63. The molecule has 5 aromatic rings. The monoisotopic (exact) mass is 798 g/mol. The number of alkyl halides is 4. The average molecular weight is 799 g/mol. The first-order valence-corrected chi connectivity index (χ1v) is 19.1. The molecule has 12 nitrogen and oxygen atoms in total. The third-order valence-corrected chi connectivity index (χ3v) is 10.6. The second kappa shape index (κ2) is 13.0. The first kappa shape index (κ1) is 37.3. The van der Waals surface area contributed by atoms with Crippen molar-refractivity contribution in [1.82, 2.24) is 29.9 Å². The van der Waals surface area contributed by atoms with Crippen molar-refractivity contribution in [2.45, 2.75) is 49.8 Å². The smallest absolute Gasteiger partial charge is 0.304 e. The van der Waals surface area contributed by atoms with Gasteiger partial charge in [0.05, 0.1) is 35.0 Å². The number of fused-ring (bicyclic) bond motifs is 4. The van der Waals surface area contributed by atoms with Gasteiger partial charge in [-0.25, -0.2) is 31.0 Å². The van der Waals surface area contributed by atoms with Gasteiger partial charge in [0.15, 0.2) is 5.82 Å². The molecule has 1 amide bonds. The topological polar surface area (TPSA) is 147 Å². The van der Waals surface area contributed by atoms with Crippen LogP contribution in [0.5, 0.6) is 0 Å². The van der Waals surface area contributed by atoms with E-state index < -0.39 is 86.9 Å². The summed E-state index contributed by atoms with van der Waals surface area (Å²) < 4.78 is 117. The first-order chi connectivity index (χ1) is 26.3. The second-order valence-electron chi connectivity index (χ2n) is 14.6. The normalized spacial score (nSPS) is 19.4. The van der Waals surface area contributed by atoms with E-state index in [0.29, 0.717) is 38.6 Å². The van der Waals surface area contributed by atoms with E-state index in [-0.39, 0.29) is 36.6 Å². The Morgan fingerprint density at radius 3 is 2.38 bits per heavy atom. The van der Waals surface area contributed by atoms with Crippen molar-refractivity contribution in [3.63, 3.8) is 0 Å². The van der Waals surface area contributed by atoms with Crippen molar-refractivity contribution in [2.24, 2.45) is 13.0 Å². The van der Waals surface area contributed by atoms with Crippen molar-refractivity contribution < 1.29 is 44.7 Å². The van der Waals surface area contributed by atoms with Gasteiger partial charge in [0.1, 0.15) is 41.3 Å². The summed E-state index contributed by atoms with van der Waals surface area (Å²) in [6, 6.07) is 9.83. The van der Waals surface area contributed by atoms with E-state index >= 15 is 8.78 Å². The van der Waals surface area contributed by atoms with Crippen LogP contribution in [0.2, 0.25) is 0 Å². The zero-order valence-electron chi connectivity index (χ0n) is 29.8. The molecular formula is C37H32F6N8O4S. The summed E-state index contributed by atoms with van der Waals surface area (Å²) >= 11 is 0. The number of anilines is 2. The van der Waals surface area contributed by atoms with Crippen LogP contribution in [0, 0.1) is 29.4 Å². The number of halogens is 6. The number of para-hydroxylation sites is 1. The Labute approximate surface area is 315 Å². The highest BCUT2D eigenvalue weighted by molar-refractivity contribution is 7.92. The number of sulfonamides is 1. The standard InChI is InChI=1S/C37H32F6N8O4S/c1-36(53)16-50(17-36)27-10-8-21(22-5-4-6-24-32(22)49(2)47-35(24)48-56(3,54)55)30(45-27)26(13-18-11-19(38)14-20(39)12-18)44-28(52)15-51-33-29(31(46-51)34(40)41)23-7-9-25(23)37(33,42)43/h4-6,8,10-12,14,23,25-26,34,53H,13,15-17H2,1-3H3,(H,44,52)(H,47,48). The number of β-amino-alcohol motifs (C(OH)–C–C–N with tert-alkyl or cyclic N) is 1. The minimum absolute atomic E-state index is 0.0337. The SMILES string of the molecule is Cn1nc(NS(C)(=O)=O)c2cccc(-c3ccc(N4CC(C)(O)C4)nc3C(Cc3cc(F)cc(F)c3)NC(=O)Cn3nc(C(F)F)c4c3C(F)(F)C3C#CC43)c21. The molecule has 1 saturated heterocycles. The van der Waals surface area contributed by atoms with Gasteiger partial charge >= 0.3 is 5.92 Å². The predicted molar refractivity (Wildman–Crippen MR) is 191 cm³/mol. The van der Waals surface area contributed by atoms with Gasteiger partial charge in [-0.1, -0.05) is 24.0 Å². The number of nitrogens with one attached hydrogen (secondary N) is 2. The summed E-state index contributed by atoms with van der Waals surface area (Å²) in [5, 5.41) is 21.7. The zero-order valence-corrected chi connectivity index (χ0v) is 30.6. The van der Waals surface area contributed by atoms with Crippen LogP contribution < -0.4 is 14.9 Å². The van der Waals surface area contributed by atoms with Gasteiger partial charge in [-0.3, -0.25) is 18.9 Å². The number of hydrogen-bond acceptors (Lipinski definition) is 8. The molecule has 0 spiro atoms. The molecule has 3 atom stereocenters. The maximum absolute atomic E-state index is 15.5. The highest BCUT2D eigenvalue weighted by Crippen LogP contribution is 2.57. The van der Waals surface area contributed by atoms with Crippen LogP contribution in [-0.2, 0) is 40.8 Å². The fourth-order valence-electron chi connectivity index (χ4n) is 7.80. The number of pyridine rings is 1. The lowest BCUT2D eigenvalue weighted by Gasteiger charge is -2.45. The lowest BCUT2D eigenvalue weighted by molar-refractivity contribution is -0.123. The maximum Gasteiger partial charge on any atom is 0.304 e. The Hall–Kier alpha value is -5.61. The van der Waals surface area contributed by atoms with Crippen molar-refractivity contribution in [3.8, 4) is 23.0 Å². The highest BCUT2D eigenvalue weighted by atomic mass is 32.2. The summed E-state index contributed by atoms with van der Waals surface area (Å²) in [5.74, 6) is -3.91. The molecule has 3 N–H and O–H groups in total. The van der Waals surface area contributed by atoms with Crippen LogP contribution >= 0.6 is 0 Å². The van der Waals surface area contributed by atoms with Gasteiger partial charge in [0.2, 0.25) is 15.9 Å². The number of amides is 1. The van der Waals surface area contributed by atoms with Gasteiger partial charge in [0, 0.05) is 48.3 Å². The molecule has 0 radical (unpaired) electrons. The second-order valence-corrected chi connectivity index (χ2v) is 16.3. The Bertz CT molecular complexity index is 2610. The molecule has 3 unspecified atom stereocenters. The van der Waals surface area contributed by atoms with E-state index in [1.54, 1.807) is 49.2 Å². The lowest BCUT2D eigenvalue weighted by atomic mass is 9.84. The number of aliphatic hydroxyl groups is 1. The molecule has 0 saturated carbocycles. The maximum atomic E-state index is 15.5. The molecule has 3 aliphatic rings. The largest absolute Gasteiger partial charge is 0.386 e. The summed E-state index contributed by atoms with van der Waals surface area (Å²) in [7, 11) is -2.17. The van der Waals surface area contributed by atoms with E-state index in [2.05, 4.69) is 32.1 Å². The van der Waals surface area contributed by atoms with Gasteiger partial charge in [-0.15, -0.1) is 0 Å². The highest BCUT2D eigenvalue weighted by Gasteiger charge is 2.60. The summed E-state index contributed by atoms with van der Waals surface area (Å²) in [4.78, 5) is 20.6. The number of aromatic nitrogens is 5. The first-order valence-electron chi connectivity index (χ1n) is 17.2. The molecule has 1 fully saturated rings. The Morgan fingerprint density at radius 1 is 1.04 bits per heavy atom. The fourth-order valence-corrected chi connectivity index (χ4v) is 8.30. The van der Waals surface area contributed by atoms with Gasteiger partial charge in [0.25, 0.3) is 6.43 Å². The molecule has 0 bridgehead atoms. The van der Waals surface area contributed by atoms with Crippen molar-refractivity contribution in [3.05, 3.63) is 88.4 Å². The molecule has 4 heterocycles. The van der Waals surface area contributed by atoms with Crippen LogP contribution in [0.25, 0.3) is 22.0 Å². The van der Waals surface area contributed by atoms with Crippen molar-refractivity contribution in [1.29, 1.82) is 0 Å². The summed E-state index contributed by atoms with van der Waals surface area (Å²) in [5.41, 5.74) is -1.69. The molecule has 3 aromatic heterocycles. The number of hydrogen-bond donors (Lipinski definition) is 3. The number of rotatable bonds is 11. The Kier molecular flexibility index (Phi) is 8.65. The van der Waals surface area contributed by atoms with Crippen molar-refractivity contribution >= 4 is 38.5 Å². The zero-order chi connectivity index (χ0) is 40.1. The van der Waals surface area contributed by atoms with E-state index in [9.17, 15) is 35.9 Å². The summed E-state index contributed by atoms with van der Waals surface area (Å²) in [6.45, 7) is 1.09. The number of carbonyl (C=O) groups excluding carboxylic acids is 1.